The zero-order chi connectivity index (χ0) is 24.9. The summed E-state index contributed by atoms with van der Waals surface area (Å²) in [6, 6.07) is 15.8. The number of benzene rings is 2. The third kappa shape index (κ3) is 5.26. The molecular weight excluding hydrogens is 432 g/mol. The molecule has 5 heteroatoms. The largest absolute Gasteiger partial charge is 0.395 e. The second-order valence-electron chi connectivity index (χ2n) is 9.76. The van der Waals surface area contributed by atoms with Gasteiger partial charge in [0.1, 0.15) is 5.82 Å². The molecule has 0 radical (unpaired) electrons. The van der Waals surface area contributed by atoms with E-state index in [4.69, 9.17) is 9.97 Å². The van der Waals surface area contributed by atoms with Gasteiger partial charge in [-0.2, -0.15) is 0 Å². The summed E-state index contributed by atoms with van der Waals surface area (Å²) in [6.07, 6.45) is 5.43. The van der Waals surface area contributed by atoms with E-state index >= 15 is 0 Å². The van der Waals surface area contributed by atoms with Crippen molar-refractivity contribution in [3.8, 4) is 11.4 Å². The Morgan fingerprint density at radius 1 is 0.971 bits per heavy atom. The molecule has 4 rings (SSSR count). The molecule has 186 valence electrons. The Morgan fingerprint density at radius 3 is 2.37 bits per heavy atom. The van der Waals surface area contributed by atoms with Crippen molar-refractivity contribution in [2.24, 2.45) is 0 Å². The highest BCUT2D eigenvalue weighted by molar-refractivity contribution is 5.68. The topological polar surface area (TPSA) is 52.5 Å². The molecule has 1 heterocycles. The summed E-state index contributed by atoms with van der Waals surface area (Å²) in [7, 11) is 4.24. The highest BCUT2D eigenvalue weighted by Gasteiger charge is 2.26. The number of aliphatic hydroxyl groups excluding tert-OH is 1. The monoisotopic (exact) mass is 472 g/mol. The number of nitrogens with zero attached hydrogens (tertiary/aromatic N) is 4. The van der Waals surface area contributed by atoms with E-state index in [9.17, 15) is 5.11 Å². The van der Waals surface area contributed by atoms with Gasteiger partial charge in [0, 0.05) is 43.0 Å². The maximum Gasteiger partial charge on any atom is 0.162 e. The molecule has 1 aromatic heterocycles. The van der Waals surface area contributed by atoms with E-state index in [0.29, 0.717) is 12.6 Å². The number of fused-ring (bicyclic) bond motifs is 1. The molecule has 5 nitrogen and oxygen atoms in total. The lowest BCUT2D eigenvalue weighted by molar-refractivity contribution is 0.212. The van der Waals surface area contributed by atoms with Crippen molar-refractivity contribution < 1.29 is 5.11 Å². The van der Waals surface area contributed by atoms with Crippen LogP contribution in [0.4, 0.5) is 5.82 Å². The Labute approximate surface area is 210 Å². The fraction of sp³-hybridized carbons (Fsp3) is 0.467. The molecule has 0 saturated carbocycles. The van der Waals surface area contributed by atoms with Gasteiger partial charge in [-0.05, 0) is 68.3 Å². The minimum atomic E-state index is 0.0892. The van der Waals surface area contributed by atoms with Gasteiger partial charge in [-0.15, -0.1) is 0 Å². The second-order valence-corrected chi connectivity index (χ2v) is 9.76. The van der Waals surface area contributed by atoms with E-state index in [-0.39, 0.29) is 6.61 Å². The number of rotatable bonds is 9. The molecule has 0 spiro atoms. The average molecular weight is 473 g/mol. The smallest absolute Gasteiger partial charge is 0.162 e. The van der Waals surface area contributed by atoms with Crippen LogP contribution in [0.3, 0.4) is 0 Å². The zero-order valence-electron chi connectivity index (χ0n) is 22.0. The zero-order valence-corrected chi connectivity index (χ0v) is 22.0. The van der Waals surface area contributed by atoms with Gasteiger partial charge in [0.15, 0.2) is 5.82 Å². The quantitative estimate of drug-likeness (QED) is 0.445. The van der Waals surface area contributed by atoms with Crippen LogP contribution in [0.1, 0.15) is 66.2 Å². The molecule has 1 aliphatic rings. The van der Waals surface area contributed by atoms with E-state index in [0.717, 1.165) is 48.7 Å². The molecule has 0 amide bonds. The SMILES string of the molecule is CCc1cccc(CC)c1-c1nc(C)c(CN(C)[C@H]2CCCc3ccccc32)c(N(C)CCO)n1. The van der Waals surface area contributed by atoms with Crippen molar-refractivity contribution in [1.82, 2.24) is 14.9 Å². The number of hydrogen-bond donors (Lipinski definition) is 1. The standard InChI is InChI=1S/C30H40N4O/c1-6-22-13-10-14-23(7-2)28(22)29-31-21(3)26(30(32-29)33(4)18-19-35)20-34(5)27-17-11-15-24-12-8-9-16-25(24)27/h8-10,12-14,16,27,35H,6-7,11,15,17-20H2,1-5H3/t27-/m0/s1. The highest BCUT2D eigenvalue weighted by atomic mass is 16.3. The van der Waals surface area contributed by atoms with Gasteiger partial charge in [0.2, 0.25) is 0 Å². The van der Waals surface area contributed by atoms with E-state index < -0.39 is 0 Å². The summed E-state index contributed by atoms with van der Waals surface area (Å²) >= 11 is 0. The van der Waals surface area contributed by atoms with Crippen LogP contribution in [0.5, 0.6) is 0 Å². The van der Waals surface area contributed by atoms with Crippen LogP contribution in [-0.2, 0) is 25.8 Å². The molecule has 0 fully saturated rings. The van der Waals surface area contributed by atoms with Crippen molar-refractivity contribution in [3.05, 3.63) is 76.0 Å². The second kappa shape index (κ2) is 11.3. The molecule has 0 bridgehead atoms. The summed E-state index contributed by atoms with van der Waals surface area (Å²) in [5.74, 6) is 1.72. The third-order valence-corrected chi connectivity index (χ3v) is 7.49. The van der Waals surface area contributed by atoms with Gasteiger partial charge >= 0.3 is 0 Å². The molecule has 0 unspecified atom stereocenters. The molecule has 35 heavy (non-hydrogen) atoms. The fourth-order valence-electron chi connectivity index (χ4n) is 5.53. The molecule has 0 saturated heterocycles. The Hall–Kier alpha value is -2.76. The minimum absolute atomic E-state index is 0.0892. The lowest BCUT2D eigenvalue weighted by atomic mass is 9.87. The molecule has 1 atom stereocenters. The number of aryl methyl sites for hydroxylation is 4. The van der Waals surface area contributed by atoms with Crippen LogP contribution in [-0.4, -0.2) is 47.2 Å². The summed E-state index contributed by atoms with van der Waals surface area (Å²) in [4.78, 5) is 14.8. The van der Waals surface area contributed by atoms with Crippen molar-refractivity contribution in [1.29, 1.82) is 0 Å². The first-order valence-corrected chi connectivity index (χ1v) is 13.1. The fourth-order valence-corrected chi connectivity index (χ4v) is 5.53. The Kier molecular flexibility index (Phi) is 8.19. The number of aromatic nitrogens is 2. The highest BCUT2D eigenvalue weighted by Crippen LogP contribution is 2.36. The number of aliphatic hydroxyl groups is 1. The van der Waals surface area contributed by atoms with Crippen LogP contribution in [0.2, 0.25) is 0 Å². The number of hydrogen-bond acceptors (Lipinski definition) is 5. The minimum Gasteiger partial charge on any atom is -0.395 e. The van der Waals surface area contributed by atoms with Gasteiger partial charge in [-0.25, -0.2) is 9.97 Å². The number of anilines is 1. The van der Waals surface area contributed by atoms with Gasteiger partial charge in [0.25, 0.3) is 0 Å². The molecule has 2 aromatic carbocycles. The average Bonchev–Trinajstić information content (AvgIpc) is 2.88. The van der Waals surface area contributed by atoms with E-state index in [2.05, 4.69) is 80.1 Å². The van der Waals surface area contributed by atoms with Crippen molar-refractivity contribution in [2.45, 2.75) is 65.5 Å². The molecule has 1 N–H and O–H groups in total. The lowest BCUT2D eigenvalue weighted by Gasteiger charge is -2.34. The van der Waals surface area contributed by atoms with Gasteiger partial charge in [-0.3, -0.25) is 4.90 Å². The normalized spacial score (nSPS) is 15.3. The van der Waals surface area contributed by atoms with Crippen LogP contribution in [0.15, 0.2) is 42.5 Å². The van der Waals surface area contributed by atoms with Crippen molar-refractivity contribution >= 4 is 5.82 Å². The third-order valence-electron chi connectivity index (χ3n) is 7.49. The number of likely N-dealkylation sites (N-methyl/N-ethyl adjacent to an activating group) is 1. The van der Waals surface area contributed by atoms with Crippen LogP contribution in [0, 0.1) is 6.92 Å². The van der Waals surface area contributed by atoms with Crippen LogP contribution in [0.25, 0.3) is 11.4 Å². The molecular formula is C30H40N4O. The lowest BCUT2D eigenvalue weighted by Crippen LogP contribution is -2.30. The summed E-state index contributed by atoms with van der Waals surface area (Å²) in [6.45, 7) is 7.89. The maximum absolute atomic E-state index is 9.71. The van der Waals surface area contributed by atoms with Gasteiger partial charge in [-0.1, -0.05) is 56.3 Å². The van der Waals surface area contributed by atoms with Crippen LogP contribution >= 0.6 is 0 Å². The van der Waals surface area contributed by atoms with E-state index in [1.165, 1.54) is 40.7 Å². The maximum atomic E-state index is 9.71. The first-order valence-electron chi connectivity index (χ1n) is 13.1. The summed E-state index contributed by atoms with van der Waals surface area (Å²) in [5, 5.41) is 9.71. The predicted octanol–water partition coefficient (Wildman–Crippen LogP) is 5.51. The molecule has 1 aliphatic carbocycles. The predicted molar refractivity (Wildman–Crippen MR) is 145 cm³/mol. The first kappa shape index (κ1) is 25.3. The first-order chi connectivity index (χ1) is 17.0. The molecule has 0 aliphatic heterocycles. The van der Waals surface area contributed by atoms with Gasteiger partial charge in [0.05, 0.1) is 6.61 Å². The molecule has 3 aromatic rings. The van der Waals surface area contributed by atoms with E-state index in [1.807, 2.05) is 7.05 Å². The van der Waals surface area contributed by atoms with Crippen molar-refractivity contribution in [2.75, 3.05) is 32.1 Å². The van der Waals surface area contributed by atoms with Gasteiger partial charge < -0.3 is 10.0 Å². The van der Waals surface area contributed by atoms with Crippen LogP contribution < -0.4 is 4.90 Å². The summed E-state index contributed by atoms with van der Waals surface area (Å²) < 4.78 is 0. The van der Waals surface area contributed by atoms with E-state index in [1.54, 1.807) is 0 Å². The van der Waals surface area contributed by atoms with Crippen molar-refractivity contribution in [3.63, 3.8) is 0 Å². The summed E-state index contributed by atoms with van der Waals surface area (Å²) in [5.41, 5.74) is 8.80. The Morgan fingerprint density at radius 2 is 1.69 bits per heavy atom. The Balaban J connectivity index is 1.76. The Bertz CT molecular complexity index is 1140.